The summed E-state index contributed by atoms with van der Waals surface area (Å²) < 4.78 is 36.8. The average Bonchev–Trinajstić information content (AvgIpc) is 2.77. The van der Waals surface area contributed by atoms with Gasteiger partial charge in [0.25, 0.3) is 0 Å². The molecule has 2 unspecified atom stereocenters. The zero-order valence-electron chi connectivity index (χ0n) is 10.6. The van der Waals surface area contributed by atoms with E-state index in [1.54, 1.807) is 12.1 Å². The van der Waals surface area contributed by atoms with Gasteiger partial charge in [0.1, 0.15) is 17.4 Å². The lowest BCUT2D eigenvalue weighted by Crippen LogP contribution is -2.34. The van der Waals surface area contributed by atoms with Crippen LogP contribution in [0, 0.1) is 17.1 Å². The van der Waals surface area contributed by atoms with Gasteiger partial charge in [-0.05, 0) is 31.4 Å². The van der Waals surface area contributed by atoms with Crippen molar-refractivity contribution in [3.8, 4) is 6.07 Å². The van der Waals surface area contributed by atoms with Gasteiger partial charge >= 0.3 is 0 Å². The van der Waals surface area contributed by atoms with Gasteiger partial charge in [0, 0.05) is 12.3 Å². The van der Waals surface area contributed by atoms with Gasteiger partial charge in [-0.1, -0.05) is 6.07 Å². The number of benzene rings is 1. The maximum atomic E-state index is 13.5. The fourth-order valence-corrected chi connectivity index (χ4v) is 3.96. The Balaban J connectivity index is 2.27. The van der Waals surface area contributed by atoms with E-state index in [1.807, 2.05) is 0 Å². The van der Waals surface area contributed by atoms with Gasteiger partial charge in [-0.15, -0.1) is 0 Å². The van der Waals surface area contributed by atoms with Crippen LogP contribution < -0.4 is 5.32 Å². The number of sulfone groups is 1. The first-order valence-electron chi connectivity index (χ1n) is 6.07. The summed E-state index contributed by atoms with van der Waals surface area (Å²) in [5.74, 6) is -0.596. The van der Waals surface area contributed by atoms with Crippen molar-refractivity contribution in [3.63, 3.8) is 0 Å². The molecule has 1 saturated carbocycles. The van der Waals surface area contributed by atoms with Crippen LogP contribution in [-0.2, 0) is 9.84 Å². The summed E-state index contributed by atoms with van der Waals surface area (Å²) >= 11 is 0. The van der Waals surface area contributed by atoms with E-state index >= 15 is 0 Å². The van der Waals surface area contributed by atoms with E-state index in [-0.39, 0.29) is 11.6 Å². The lowest BCUT2D eigenvalue weighted by atomic mass is 10.1. The number of anilines is 1. The van der Waals surface area contributed by atoms with E-state index in [1.165, 1.54) is 18.4 Å². The molecule has 1 aliphatic carbocycles. The molecule has 0 saturated heterocycles. The molecule has 0 radical (unpaired) electrons. The normalized spacial score (nSPS) is 23.0. The summed E-state index contributed by atoms with van der Waals surface area (Å²) in [6.07, 6.45) is 3.34. The van der Waals surface area contributed by atoms with Crippen LogP contribution >= 0.6 is 0 Å². The molecule has 2 rings (SSSR count). The van der Waals surface area contributed by atoms with Gasteiger partial charge in [0.05, 0.1) is 10.9 Å². The molecule has 1 N–H and O–H groups in total. The molecule has 4 nitrogen and oxygen atoms in total. The highest BCUT2D eigenvalue weighted by atomic mass is 32.2. The predicted octanol–water partition coefficient (Wildman–Crippen LogP) is 2.07. The largest absolute Gasteiger partial charge is 0.380 e. The summed E-state index contributed by atoms with van der Waals surface area (Å²) in [5.41, 5.74) is 0.296. The molecule has 1 aromatic carbocycles. The van der Waals surface area contributed by atoms with E-state index in [2.05, 4.69) is 5.32 Å². The Morgan fingerprint density at radius 3 is 2.79 bits per heavy atom. The van der Waals surface area contributed by atoms with E-state index < -0.39 is 20.9 Å². The van der Waals surface area contributed by atoms with Crippen LogP contribution in [0.1, 0.15) is 24.8 Å². The van der Waals surface area contributed by atoms with E-state index in [0.717, 1.165) is 6.42 Å². The molecule has 0 aromatic heterocycles. The quantitative estimate of drug-likeness (QED) is 0.921. The van der Waals surface area contributed by atoms with E-state index in [0.29, 0.717) is 18.5 Å². The van der Waals surface area contributed by atoms with E-state index in [4.69, 9.17) is 5.26 Å². The average molecular weight is 282 g/mol. The van der Waals surface area contributed by atoms with Gasteiger partial charge in [0.2, 0.25) is 0 Å². The van der Waals surface area contributed by atoms with E-state index in [9.17, 15) is 12.8 Å². The highest BCUT2D eigenvalue weighted by molar-refractivity contribution is 7.91. The number of rotatable bonds is 3. The first-order valence-corrected chi connectivity index (χ1v) is 8.03. The summed E-state index contributed by atoms with van der Waals surface area (Å²) in [6, 6.07) is 5.86. The number of hydrogen-bond acceptors (Lipinski definition) is 4. The minimum atomic E-state index is -3.14. The minimum Gasteiger partial charge on any atom is -0.380 e. The molecule has 1 aromatic rings. The monoisotopic (exact) mass is 282 g/mol. The first kappa shape index (κ1) is 13.8. The van der Waals surface area contributed by atoms with Crippen molar-refractivity contribution in [1.82, 2.24) is 0 Å². The number of hydrogen-bond donors (Lipinski definition) is 1. The maximum absolute atomic E-state index is 13.5. The van der Waals surface area contributed by atoms with Crippen molar-refractivity contribution in [2.24, 2.45) is 0 Å². The second-order valence-electron chi connectivity index (χ2n) is 4.82. The summed E-state index contributed by atoms with van der Waals surface area (Å²) in [7, 11) is -3.14. The molecule has 1 aliphatic rings. The highest BCUT2D eigenvalue weighted by Crippen LogP contribution is 2.29. The van der Waals surface area contributed by atoms with Crippen molar-refractivity contribution in [2.45, 2.75) is 30.6 Å². The number of halogens is 1. The van der Waals surface area contributed by atoms with Crippen molar-refractivity contribution >= 4 is 15.5 Å². The fraction of sp³-hybridized carbons (Fsp3) is 0.462. The van der Waals surface area contributed by atoms with Crippen LogP contribution in [0.3, 0.4) is 0 Å². The van der Waals surface area contributed by atoms with Gasteiger partial charge in [0.15, 0.2) is 9.84 Å². The molecule has 2 atom stereocenters. The van der Waals surface area contributed by atoms with Gasteiger partial charge in [-0.3, -0.25) is 0 Å². The van der Waals surface area contributed by atoms with Crippen molar-refractivity contribution in [3.05, 3.63) is 29.6 Å². The fourth-order valence-electron chi connectivity index (χ4n) is 2.56. The molecule has 102 valence electrons. The Morgan fingerprint density at radius 2 is 2.16 bits per heavy atom. The summed E-state index contributed by atoms with van der Waals surface area (Å²) in [6.45, 7) is 0. The molecule has 0 aliphatic heterocycles. The van der Waals surface area contributed by atoms with Crippen LogP contribution in [0.25, 0.3) is 0 Å². The zero-order valence-corrected chi connectivity index (χ0v) is 11.4. The Bertz CT molecular complexity index is 622. The van der Waals surface area contributed by atoms with Crippen LogP contribution in [0.15, 0.2) is 18.2 Å². The van der Waals surface area contributed by atoms with Crippen LogP contribution in [-0.4, -0.2) is 26.0 Å². The Hall–Kier alpha value is -1.61. The lowest BCUT2D eigenvalue weighted by Gasteiger charge is -2.21. The SMILES string of the molecule is CS(=O)(=O)C1CCCC1Nc1cccc(F)c1C#N. The molecule has 1 fully saturated rings. The third kappa shape index (κ3) is 2.87. The zero-order chi connectivity index (χ0) is 14.0. The van der Waals surface area contributed by atoms with Gasteiger partial charge < -0.3 is 5.32 Å². The molecular formula is C13H15FN2O2S. The predicted molar refractivity (Wildman–Crippen MR) is 71.0 cm³/mol. The maximum Gasteiger partial charge on any atom is 0.152 e. The van der Waals surface area contributed by atoms with Gasteiger partial charge in [-0.25, -0.2) is 12.8 Å². The topological polar surface area (TPSA) is 70.0 Å². The number of nitriles is 1. The van der Waals surface area contributed by atoms with Crippen molar-refractivity contribution < 1.29 is 12.8 Å². The smallest absolute Gasteiger partial charge is 0.152 e. The highest BCUT2D eigenvalue weighted by Gasteiger charge is 2.35. The number of nitrogens with one attached hydrogen (secondary N) is 1. The van der Waals surface area contributed by atoms with Crippen molar-refractivity contribution in [1.29, 1.82) is 5.26 Å². The third-order valence-electron chi connectivity index (χ3n) is 3.47. The second-order valence-corrected chi connectivity index (χ2v) is 7.09. The molecule has 0 bridgehead atoms. The Kier molecular flexibility index (Phi) is 3.76. The van der Waals surface area contributed by atoms with Gasteiger partial charge in [-0.2, -0.15) is 5.26 Å². The Morgan fingerprint density at radius 1 is 1.42 bits per heavy atom. The van der Waals surface area contributed by atoms with Crippen molar-refractivity contribution in [2.75, 3.05) is 11.6 Å². The molecular weight excluding hydrogens is 267 g/mol. The van der Waals surface area contributed by atoms with Crippen LogP contribution in [0.5, 0.6) is 0 Å². The molecule has 19 heavy (non-hydrogen) atoms. The lowest BCUT2D eigenvalue weighted by molar-refractivity contribution is 0.579. The minimum absolute atomic E-state index is 0.0679. The van der Waals surface area contributed by atoms with Crippen LogP contribution in [0.4, 0.5) is 10.1 Å². The summed E-state index contributed by atoms with van der Waals surface area (Å²) in [4.78, 5) is 0. The Labute approximate surface area is 112 Å². The molecule has 0 heterocycles. The standard InChI is InChI=1S/C13H15FN2O2S/c1-19(17,18)13-7-3-6-12(13)16-11-5-2-4-10(14)9(11)8-15/h2,4-5,12-13,16H,3,6-7H2,1H3. The molecule has 0 spiro atoms. The summed E-state index contributed by atoms with van der Waals surface area (Å²) in [5, 5.41) is 11.5. The molecule has 0 amide bonds. The van der Waals surface area contributed by atoms with Crippen LogP contribution in [0.2, 0.25) is 0 Å². The molecule has 6 heteroatoms. The second kappa shape index (κ2) is 5.17. The first-order chi connectivity index (χ1) is 8.93. The third-order valence-corrected chi connectivity index (χ3v) is 5.13. The number of nitrogens with zero attached hydrogens (tertiary/aromatic N) is 1.